The molecule has 0 aliphatic heterocycles. The highest BCUT2D eigenvalue weighted by atomic mass is 16.3. The zero-order valence-corrected chi connectivity index (χ0v) is 31.2. The van der Waals surface area contributed by atoms with Gasteiger partial charge in [0.15, 0.2) is 0 Å². The Labute approximate surface area is 331 Å². The van der Waals surface area contributed by atoms with Crippen molar-refractivity contribution < 1.29 is 4.42 Å². The molecule has 1 heterocycles. The van der Waals surface area contributed by atoms with E-state index in [4.69, 9.17) is 4.42 Å². The largest absolute Gasteiger partial charge is 0.456 e. The molecule has 0 aliphatic rings. The molecular weight excluding hydrogens is 689 g/mol. The number of fused-ring (bicyclic) bond motifs is 5. The van der Waals surface area contributed by atoms with Gasteiger partial charge in [-0.15, -0.1) is 0 Å². The van der Waals surface area contributed by atoms with Gasteiger partial charge >= 0.3 is 0 Å². The number of rotatable bonds is 6. The van der Waals surface area contributed by atoms with Crippen LogP contribution in [0.5, 0.6) is 0 Å². The van der Waals surface area contributed by atoms with Gasteiger partial charge in [0.25, 0.3) is 0 Å². The Morgan fingerprint density at radius 3 is 1.19 bits per heavy atom. The minimum absolute atomic E-state index is 0.910. The van der Waals surface area contributed by atoms with Crippen LogP contribution in [0.2, 0.25) is 0 Å². The topological polar surface area (TPSA) is 13.1 Å². The number of benzene rings is 10. The van der Waals surface area contributed by atoms with Crippen molar-refractivity contribution in [2.75, 3.05) is 0 Å². The summed E-state index contributed by atoms with van der Waals surface area (Å²) in [5.74, 6) is 0. The molecule has 0 N–H and O–H groups in total. The molecule has 1 nitrogen and oxygen atoms in total. The van der Waals surface area contributed by atoms with Crippen molar-refractivity contribution in [1.29, 1.82) is 0 Å². The lowest BCUT2D eigenvalue weighted by atomic mass is 9.84. The summed E-state index contributed by atoms with van der Waals surface area (Å²) in [5, 5.41) is 7.25. The third kappa shape index (κ3) is 5.72. The second kappa shape index (κ2) is 13.7. The standard InChI is InChI=1S/C56H36O/c1-3-15-37(16-4-1)42-33-43(38-17-5-2-6-18-38)35-44(34-42)56-50-24-11-9-22-48(50)55(49-23-10-12-25-51(49)56)40-29-27-39(28-30-40)45-19-7-8-20-46(45)41-31-32-54-52(36-41)47-21-13-14-26-53(47)57-54/h1-36H. The zero-order chi connectivity index (χ0) is 37.7. The van der Waals surface area contributed by atoms with Crippen molar-refractivity contribution in [1.82, 2.24) is 0 Å². The molecule has 0 amide bonds. The average Bonchev–Trinajstić information content (AvgIpc) is 3.67. The smallest absolute Gasteiger partial charge is 0.135 e. The van der Waals surface area contributed by atoms with Crippen molar-refractivity contribution in [2.45, 2.75) is 0 Å². The summed E-state index contributed by atoms with van der Waals surface area (Å²) in [6, 6.07) is 79.1. The van der Waals surface area contributed by atoms with E-state index in [1.807, 2.05) is 12.1 Å². The summed E-state index contributed by atoms with van der Waals surface area (Å²) in [6.07, 6.45) is 0. The molecule has 0 bridgehead atoms. The monoisotopic (exact) mass is 724 g/mol. The fourth-order valence-electron chi connectivity index (χ4n) is 8.81. The lowest BCUT2D eigenvalue weighted by Gasteiger charge is -2.19. The summed E-state index contributed by atoms with van der Waals surface area (Å²) in [7, 11) is 0. The third-order valence-corrected chi connectivity index (χ3v) is 11.5. The van der Waals surface area contributed by atoms with Crippen LogP contribution < -0.4 is 0 Å². The molecule has 0 fully saturated rings. The maximum Gasteiger partial charge on any atom is 0.135 e. The van der Waals surface area contributed by atoms with Gasteiger partial charge in [0.05, 0.1) is 0 Å². The highest BCUT2D eigenvalue weighted by Crippen LogP contribution is 2.46. The van der Waals surface area contributed by atoms with Crippen LogP contribution in [0, 0.1) is 0 Å². The van der Waals surface area contributed by atoms with Gasteiger partial charge in [-0.05, 0) is 125 Å². The van der Waals surface area contributed by atoms with E-state index in [0.717, 1.165) is 21.9 Å². The molecule has 0 spiro atoms. The number of para-hydroxylation sites is 1. The van der Waals surface area contributed by atoms with Crippen LogP contribution in [0.1, 0.15) is 0 Å². The molecular formula is C56H36O. The molecule has 266 valence electrons. The molecule has 1 heteroatoms. The Hall–Kier alpha value is -7.48. The first kappa shape index (κ1) is 32.9. The number of furan rings is 1. The first-order valence-corrected chi connectivity index (χ1v) is 19.6. The first-order valence-electron chi connectivity index (χ1n) is 19.6. The molecule has 11 rings (SSSR count). The van der Waals surface area contributed by atoms with Crippen molar-refractivity contribution >= 4 is 43.5 Å². The molecule has 0 unspecified atom stereocenters. The van der Waals surface area contributed by atoms with Crippen LogP contribution >= 0.6 is 0 Å². The van der Waals surface area contributed by atoms with Gasteiger partial charge in [-0.1, -0.05) is 182 Å². The quantitative estimate of drug-likeness (QED) is 0.156. The Bertz CT molecular complexity index is 3150. The Morgan fingerprint density at radius 1 is 0.211 bits per heavy atom. The summed E-state index contributed by atoms with van der Waals surface area (Å²) >= 11 is 0. The van der Waals surface area contributed by atoms with Crippen LogP contribution in [-0.4, -0.2) is 0 Å². The van der Waals surface area contributed by atoms with Gasteiger partial charge in [-0.2, -0.15) is 0 Å². The molecule has 0 saturated heterocycles. The lowest BCUT2D eigenvalue weighted by molar-refractivity contribution is 0.669. The SMILES string of the molecule is c1ccc(-c2cc(-c3ccccc3)cc(-c3c4ccccc4c(-c4ccc(-c5ccccc5-c5ccc6oc7ccccc7c6c5)cc4)c4ccccc34)c2)cc1. The van der Waals surface area contributed by atoms with Crippen LogP contribution in [0.3, 0.4) is 0 Å². The maximum atomic E-state index is 6.15. The second-order valence-electron chi connectivity index (χ2n) is 14.8. The lowest BCUT2D eigenvalue weighted by Crippen LogP contribution is -1.92. The molecule has 11 aromatic rings. The summed E-state index contributed by atoms with van der Waals surface area (Å²) in [5.41, 5.74) is 16.3. The Kier molecular flexibility index (Phi) is 7.89. The van der Waals surface area contributed by atoms with E-state index in [1.54, 1.807) is 0 Å². The predicted octanol–water partition coefficient (Wildman–Crippen LogP) is 15.9. The summed E-state index contributed by atoms with van der Waals surface area (Å²) in [4.78, 5) is 0. The van der Waals surface area contributed by atoms with Gasteiger partial charge < -0.3 is 4.42 Å². The average molecular weight is 725 g/mol. The van der Waals surface area contributed by atoms with Gasteiger partial charge in [0.2, 0.25) is 0 Å². The van der Waals surface area contributed by atoms with E-state index in [-0.39, 0.29) is 0 Å². The van der Waals surface area contributed by atoms with Crippen LogP contribution in [0.15, 0.2) is 223 Å². The molecule has 1 aromatic heterocycles. The van der Waals surface area contributed by atoms with Crippen LogP contribution in [-0.2, 0) is 0 Å². The van der Waals surface area contributed by atoms with Crippen molar-refractivity contribution in [2.24, 2.45) is 0 Å². The van der Waals surface area contributed by atoms with Crippen molar-refractivity contribution in [3.8, 4) is 66.8 Å². The van der Waals surface area contributed by atoms with E-state index >= 15 is 0 Å². The van der Waals surface area contributed by atoms with Gasteiger partial charge in [-0.25, -0.2) is 0 Å². The van der Waals surface area contributed by atoms with Gasteiger partial charge in [-0.3, -0.25) is 0 Å². The molecule has 57 heavy (non-hydrogen) atoms. The summed E-state index contributed by atoms with van der Waals surface area (Å²) in [6.45, 7) is 0. The third-order valence-electron chi connectivity index (χ3n) is 11.5. The van der Waals surface area contributed by atoms with Crippen molar-refractivity contribution in [3.63, 3.8) is 0 Å². The minimum atomic E-state index is 0.910. The van der Waals surface area contributed by atoms with E-state index in [2.05, 4.69) is 206 Å². The van der Waals surface area contributed by atoms with Crippen LogP contribution in [0.25, 0.3) is 110 Å². The molecule has 10 aromatic carbocycles. The first-order chi connectivity index (χ1) is 28.3. The van der Waals surface area contributed by atoms with E-state index < -0.39 is 0 Å². The summed E-state index contributed by atoms with van der Waals surface area (Å²) < 4.78 is 6.15. The normalized spacial score (nSPS) is 11.5. The fraction of sp³-hybridized carbons (Fsp3) is 0. The van der Waals surface area contributed by atoms with Crippen LogP contribution in [0.4, 0.5) is 0 Å². The number of hydrogen-bond acceptors (Lipinski definition) is 1. The Morgan fingerprint density at radius 2 is 0.614 bits per heavy atom. The fourth-order valence-corrected chi connectivity index (χ4v) is 8.81. The van der Waals surface area contributed by atoms with E-state index in [9.17, 15) is 0 Å². The molecule has 0 aliphatic carbocycles. The molecule has 0 atom stereocenters. The Balaban J connectivity index is 1.06. The van der Waals surface area contributed by atoms with Gasteiger partial charge in [0, 0.05) is 10.8 Å². The maximum absolute atomic E-state index is 6.15. The van der Waals surface area contributed by atoms with E-state index in [1.165, 1.54) is 88.3 Å². The molecule has 0 saturated carbocycles. The molecule has 0 radical (unpaired) electrons. The van der Waals surface area contributed by atoms with Gasteiger partial charge in [0.1, 0.15) is 11.2 Å². The van der Waals surface area contributed by atoms with Crippen molar-refractivity contribution in [3.05, 3.63) is 218 Å². The van der Waals surface area contributed by atoms with E-state index in [0.29, 0.717) is 0 Å². The highest BCUT2D eigenvalue weighted by Gasteiger charge is 2.19. The minimum Gasteiger partial charge on any atom is -0.456 e. The number of hydrogen-bond donors (Lipinski definition) is 0. The second-order valence-corrected chi connectivity index (χ2v) is 14.8. The predicted molar refractivity (Wildman–Crippen MR) is 241 cm³/mol. The highest BCUT2D eigenvalue weighted by molar-refractivity contribution is 6.21. The zero-order valence-electron chi connectivity index (χ0n) is 31.2.